The zero-order valence-electron chi connectivity index (χ0n) is 11.0. The lowest BCUT2D eigenvalue weighted by Gasteiger charge is -2.07. The molecule has 1 heterocycles. The van der Waals surface area contributed by atoms with Crippen LogP contribution in [0, 0.1) is 10.1 Å². The number of hydrogen-bond donors (Lipinski definition) is 2. The number of nitro benzene ring substituents is 1. The second-order valence-electron chi connectivity index (χ2n) is 4.68. The van der Waals surface area contributed by atoms with Gasteiger partial charge in [0.05, 0.1) is 4.92 Å². The van der Waals surface area contributed by atoms with Crippen LogP contribution in [0.4, 0.5) is 11.4 Å². The zero-order chi connectivity index (χ0) is 14.8. The molecule has 6 heteroatoms. The molecule has 5 nitrogen and oxygen atoms in total. The minimum Gasteiger partial charge on any atom is -0.381 e. The van der Waals surface area contributed by atoms with E-state index in [0.29, 0.717) is 6.54 Å². The molecule has 0 saturated carbocycles. The van der Waals surface area contributed by atoms with Crippen molar-refractivity contribution in [3.8, 4) is 0 Å². The summed E-state index contributed by atoms with van der Waals surface area (Å²) in [6, 6.07) is 12.8. The topological polar surface area (TPSA) is 71.0 Å². The number of fused-ring (bicyclic) bond motifs is 1. The maximum atomic E-state index is 10.7. The molecule has 2 N–H and O–H groups in total. The Labute approximate surface area is 125 Å². The fraction of sp³-hybridized carbons (Fsp3) is 0.0667. The maximum absolute atomic E-state index is 10.7. The molecular weight excluding hydrogens is 290 g/mol. The first-order valence-electron chi connectivity index (χ1n) is 6.37. The summed E-state index contributed by atoms with van der Waals surface area (Å²) >= 11 is 5.88. The monoisotopic (exact) mass is 301 g/mol. The van der Waals surface area contributed by atoms with Crippen molar-refractivity contribution in [3.05, 3.63) is 69.4 Å². The molecule has 0 bridgehead atoms. The molecule has 0 unspecified atom stereocenters. The van der Waals surface area contributed by atoms with Gasteiger partial charge in [0, 0.05) is 30.0 Å². The molecular formula is C15H12ClN3O2. The number of nitrogens with one attached hydrogen (secondary N) is 2. The van der Waals surface area contributed by atoms with E-state index in [1.807, 2.05) is 24.4 Å². The fourth-order valence-electron chi connectivity index (χ4n) is 2.17. The number of benzene rings is 2. The van der Waals surface area contributed by atoms with E-state index in [2.05, 4.69) is 16.4 Å². The molecule has 0 atom stereocenters. The summed E-state index contributed by atoms with van der Waals surface area (Å²) < 4.78 is 0. The van der Waals surface area contributed by atoms with Crippen LogP contribution >= 0.6 is 11.6 Å². The van der Waals surface area contributed by atoms with E-state index in [1.54, 1.807) is 12.1 Å². The zero-order valence-corrected chi connectivity index (χ0v) is 11.7. The third-order valence-corrected chi connectivity index (χ3v) is 3.56. The van der Waals surface area contributed by atoms with Crippen molar-refractivity contribution in [1.82, 2.24) is 4.98 Å². The van der Waals surface area contributed by atoms with Crippen molar-refractivity contribution in [3.63, 3.8) is 0 Å². The summed E-state index contributed by atoms with van der Waals surface area (Å²) in [6.45, 7) is 0.614. The Morgan fingerprint density at radius 1 is 1.19 bits per heavy atom. The first-order valence-corrected chi connectivity index (χ1v) is 6.75. The highest BCUT2D eigenvalue weighted by Crippen LogP contribution is 2.27. The average Bonchev–Trinajstić information content (AvgIpc) is 2.92. The quantitative estimate of drug-likeness (QED) is 0.556. The van der Waals surface area contributed by atoms with E-state index >= 15 is 0 Å². The van der Waals surface area contributed by atoms with Gasteiger partial charge in [0.1, 0.15) is 5.02 Å². The standard InChI is InChI=1S/C15H12ClN3O2/c16-13-8-12(3-4-15(13)19(20)21)18-9-10-1-2-11-5-6-17-14(11)7-10/h1-8,17-18H,9H2. The molecule has 2 aromatic carbocycles. The van der Waals surface area contributed by atoms with Crippen LogP contribution in [-0.2, 0) is 6.54 Å². The van der Waals surface area contributed by atoms with Gasteiger partial charge in [-0.2, -0.15) is 0 Å². The largest absolute Gasteiger partial charge is 0.381 e. The predicted molar refractivity (Wildman–Crippen MR) is 83.7 cm³/mol. The van der Waals surface area contributed by atoms with Crippen LogP contribution in [-0.4, -0.2) is 9.91 Å². The molecule has 21 heavy (non-hydrogen) atoms. The Bertz CT molecular complexity index is 814. The molecule has 106 valence electrons. The summed E-state index contributed by atoms with van der Waals surface area (Å²) in [5, 5.41) is 15.2. The third kappa shape index (κ3) is 2.83. The van der Waals surface area contributed by atoms with E-state index in [1.165, 1.54) is 6.07 Å². The van der Waals surface area contributed by atoms with Crippen LogP contribution in [0.3, 0.4) is 0 Å². The number of rotatable bonds is 4. The number of halogens is 1. The van der Waals surface area contributed by atoms with Crippen molar-refractivity contribution in [1.29, 1.82) is 0 Å². The number of aromatic nitrogens is 1. The van der Waals surface area contributed by atoms with Crippen LogP contribution in [0.2, 0.25) is 5.02 Å². The first kappa shape index (κ1) is 13.5. The molecule has 0 radical (unpaired) electrons. The summed E-state index contributed by atoms with van der Waals surface area (Å²) in [4.78, 5) is 13.4. The Kier molecular flexibility index (Phi) is 3.50. The molecule has 3 aromatic rings. The molecule has 0 aliphatic heterocycles. The van der Waals surface area contributed by atoms with Gasteiger partial charge in [0.25, 0.3) is 5.69 Å². The van der Waals surface area contributed by atoms with E-state index in [0.717, 1.165) is 22.2 Å². The predicted octanol–water partition coefficient (Wildman–Crippen LogP) is 4.34. The van der Waals surface area contributed by atoms with E-state index < -0.39 is 4.92 Å². The minimum atomic E-state index is -0.495. The van der Waals surface area contributed by atoms with E-state index in [9.17, 15) is 10.1 Å². The van der Waals surface area contributed by atoms with E-state index in [-0.39, 0.29) is 10.7 Å². The van der Waals surface area contributed by atoms with Crippen molar-refractivity contribution in [2.45, 2.75) is 6.54 Å². The van der Waals surface area contributed by atoms with Crippen LogP contribution in [0.25, 0.3) is 10.9 Å². The lowest BCUT2D eigenvalue weighted by atomic mass is 10.1. The number of H-pyrrole nitrogens is 1. The summed E-state index contributed by atoms with van der Waals surface area (Å²) in [7, 11) is 0. The summed E-state index contributed by atoms with van der Waals surface area (Å²) in [5.41, 5.74) is 2.85. The summed E-state index contributed by atoms with van der Waals surface area (Å²) in [5.74, 6) is 0. The van der Waals surface area contributed by atoms with Gasteiger partial charge in [-0.3, -0.25) is 10.1 Å². The number of aromatic amines is 1. The molecule has 1 aromatic heterocycles. The first-order chi connectivity index (χ1) is 10.1. The van der Waals surface area contributed by atoms with Crippen LogP contribution in [0.15, 0.2) is 48.7 Å². The Morgan fingerprint density at radius 3 is 2.81 bits per heavy atom. The molecule has 0 spiro atoms. The Hall–Kier alpha value is -2.53. The smallest absolute Gasteiger partial charge is 0.288 e. The highest BCUT2D eigenvalue weighted by molar-refractivity contribution is 6.32. The van der Waals surface area contributed by atoms with Crippen LogP contribution in [0.5, 0.6) is 0 Å². The average molecular weight is 302 g/mol. The number of anilines is 1. The van der Waals surface area contributed by atoms with Crippen LogP contribution < -0.4 is 5.32 Å². The third-order valence-electron chi connectivity index (χ3n) is 3.26. The van der Waals surface area contributed by atoms with Crippen molar-refractivity contribution < 1.29 is 4.92 Å². The van der Waals surface area contributed by atoms with Gasteiger partial charge < -0.3 is 10.3 Å². The minimum absolute atomic E-state index is 0.0879. The van der Waals surface area contributed by atoms with Crippen molar-refractivity contribution in [2.75, 3.05) is 5.32 Å². The number of hydrogen-bond acceptors (Lipinski definition) is 3. The normalized spacial score (nSPS) is 10.7. The Morgan fingerprint density at radius 2 is 2.05 bits per heavy atom. The highest BCUT2D eigenvalue weighted by Gasteiger charge is 2.11. The number of nitrogens with zero attached hydrogens (tertiary/aromatic N) is 1. The van der Waals surface area contributed by atoms with Crippen molar-refractivity contribution in [2.24, 2.45) is 0 Å². The number of nitro groups is 1. The molecule has 0 saturated heterocycles. The lowest BCUT2D eigenvalue weighted by molar-refractivity contribution is -0.384. The molecule has 3 rings (SSSR count). The van der Waals surface area contributed by atoms with Gasteiger partial charge in [-0.05, 0) is 35.2 Å². The van der Waals surface area contributed by atoms with Crippen molar-refractivity contribution >= 4 is 33.9 Å². The van der Waals surface area contributed by atoms with Crippen LogP contribution in [0.1, 0.15) is 5.56 Å². The molecule has 0 aliphatic rings. The Balaban J connectivity index is 1.75. The molecule has 0 aliphatic carbocycles. The molecule has 0 amide bonds. The van der Waals surface area contributed by atoms with E-state index in [4.69, 9.17) is 11.6 Å². The van der Waals surface area contributed by atoms with Gasteiger partial charge in [-0.15, -0.1) is 0 Å². The molecule has 0 fully saturated rings. The van der Waals surface area contributed by atoms with Gasteiger partial charge in [0.15, 0.2) is 0 Å². The van der Waals surface area contributed by atoms with Gasteiger partial charge >= 0.3 is 0 Å². The lowest BCUT2D eigenvalue weighted by Crippen LogP contribution is -1.99. The fourth-order valence-corrected chi connectivity index (χ4v) is 2.42. The summed E-state index contributed by atoms with van der Waals surface area (Å²) in [6.07, 6.45) is 1.90. The SMILES string of the molecule is O=[N+]([O-])c1ccc(NCc2ccc3cc[nH]c3c2)cc1Cl. The second-order valence-corrected chi connectivity index (χ2v) is 5.08. The van der Waals surface area contributed by atoms with Gasteiger partial charge in [-0.1, -0.05) is 23.7 Å². The second kappa shape index (κ2) is 5.46. The highest BCUT2D eigenvalue weighted by atomic mass is 35.5. The van der Waals surface area contributed by atoms with Gasteiger partial charge in [-0.25, -0.2) is 0 Å². The van der Waals surface area contributed by atoms with Gasteiger partial charge in [0.2, 0.25) is 0 Å². The maximum Gasteiger partial charge on any atom is 0.288 e.